The highest BCUT2D eigenvalue weighted by Gasteiger charge is 2.30. The zero-order chi connectivity index (χ0) is 11.8. The first kappa shape index (κ1) is 10.5. The highest BCUT2D eigenvalue weighted by atomic mass is 16.2. The maximum absolute atomic E-state index is 11.8. The van der Waals surface area contributed by atoms with Crippen molar-refractivity contribution < 1.29 is 4.79 Å². The summed E-state index contributed by atoms with van der Waals surface area (Å²) in [5.41, 5.74) is 0.673. The van der Waals surface area contributed by atoms with E-state index in [9.17, 15) is 4.79 Å². The third kappa shape index (κ3) is 2.38. The minimum absolute atomic E-state index is 0.0738. The Hall–Kier alpha value is -1.65. The number of rotatable bonds is 3. The third-order valence-electron chi connectivity index (χ3n) is 3.28. The van der Waals surface area contributed by atoms with E-state index < -0.39 is 0 Å². The fourth-order valence-electron chi connectivity index (χ4n) is 1.79. The number of urea groups is 1. The van der Waals surface area contributed by atoms with Crippen LogP contribution in [0.3, 0.4) is 0 Å². The van der Waals surface area contributed by atoms with Crippen LogP contribution in [0.5, 0.6) is 0 Å². The number of amides is 2. The predicted octanol–water partition coefficient (Wildman–Crippen LogP) is 1.98. The minimum atomic E-state index is -0.0738. The molecule has 0 spiro atoms. The smallest absolute Gasteiger partial charge is 0.321 e. The quantitative estimate of drug-likeness (QED) is 0.866. The molecule has 2 saturated carbocycles. The molecule has 5 heteroatoms. The van der Waals surface area contributed by atoms with Gasteiger partial charge in [0.1, 0.15) is 5.82 Å². The van der Waals surface area contributed by atoms with Gasteiger partial charge in [0.25, 0.3) is 0 Å². The Labute approximate surface area is 100 Å². The summed E-state index contributed by atoms with van der Waals surface area (Å²) in [7, 11) is 1.83. The van der Waals surface area contributed by atoms with Gasteiger partial charge in [-0.2, -0.15) is 0 Å². The Morgan fingerprint density at radius 3 is 2.47 bits per heavy atom. The molecule has 2 aliphatic carbocycles. The minimum Gasteiger partial charge on any atom is -0.325 e. The van der Waals surface area contributed by atoms with E-state index in [1.165, 1.54) is 12.8 Å². The molecule has 1 N–H and O–H groups in total. The van der Waals surface area contributed by atoms with Crippen LogP contribution >= 0.6 is 0 Å². The summed E-state index contributed by atoms with van der Waals surface area (Å²) < 4.78 is 0. The van der Waals surface area contributed by atoms with Crippen LogP contribution in [0.4, 0.5) is 10.5 Å². The number of nitrogens with one attached hydrogen (secondary N) is 1. The molecule has 0 aliphatic heterocycles. The van der Waals surface area contributed by atoms with Crippen molar-refractivity contribution >= 4 is 11.7 Å². The molecule has 0 radical (unpaired) electrons. The van der Waals surface area contributed by atoms with Gasteiger partial charge in [-0.25, -0.2) is 14.8 Å². The Balaban J connectivity index is 1.61. The first-order valence-corrected chi connectivity index (χ1v) is 6.10. The maximum atomic E-state index is 11.8. The average molecular weight is 232 g/mol. The number of carbonyl (C=O) groups excluding carboxylic acids is 1. The van der Waals surface area contributed by atoms with Crippen molar-refractivity contribution in [2.75, 3.05) is 12.4 Å². The largest absolute Gasteiger partial charge is 0.325 e. The van der Waals surface area contributed by atoms with Crippen LogP contribution in [-0.4, -0.2) is 34.0 Å². The lowest BCUT2D eigenvalue weighted by Gasteiger charge is -2.16. The lowest BCUT2D eigenvalue weighted by atomic mass is 10.4. The molecular formula is C12H16N4O. The number of carbonyl (C=O) groups is 1. The number of aromatic nitrogens is 2. The van der Waals surface area contributed by atoms with Gasteiger partial charge in [-0.05, 0) is 25.7 Å². The van der Waals surface area contributed by atoms with E-state index in [4.69, 9.17) is 0 Å². The summed E-state index contributed by atoms with van der Waals surface area (Å²) >= 11 is 0. The van der Waals surface area contributed by atoms with Gasteiger partial charge in [-0.15, -0.1) is 0 Å². The highest BCUT2D eigenvalue weighted by molar-refractivity contribution is 5.89. The topological polar surface area (TPSA) is 58.1 Å². The van der Waals surface area contributed by atoms with Crippen LogP contribution in [-0.2, 0) is 0 Å². The molecule has 1 heterocycles. The monoisotopic (exact) mass is 232 g/mol. The van der Waals surface area contributed by atoms with Gasteiger partial charge in [0, 0.05) is 19.0 Å². The average Bonchev–Trinajstić information content (AvgIpc) is 3.18. The first-order valence-electron chi connectivity index (χ1n) is 6.10. The van der Waals surface area contributed by atoms with E-state index in [0.29, 0.717) is 17.6 Å². The normalized spacial score (nSPS) is 18.9. The van der Waals surface area contributed by atoms with Gasteiger partial charge < -0.3 is 10.2 Å². The molecule has 2 amide bonds. The van der Waals surface area contributed by atoms with Crippen molar-refractivity contribution in [3.63, 3.8) is 0 Å². The Morgan fingerprint density at radius 1 is 1.29 bits per heavy atom. The first-order chi connectivity index (χ1) is 8.24. The van der Waals surface area contributed by atoms with Gasteiger partial charge in [0.15, 0.2) is 0 Å². The number of anilines is 1. The zero-order valence-corrected chi connectivity index (χ0v) is 9.89. The molecule has 0 unspecified atom stereocenters. The zero-order valence-electron chi connectivity index (χ0n) is 9.89. The summed E-state index contributed by atoms with van der Waals surface area (Å²) in [6, 6.07) is 0.344. The van der Waals surface area contributed by atoms with Gasteiger partial charge in [0.2, 0.25) is 0 Å². The molecule has 5 nitrogen and oxygen atoms in total. The number of hydrogen-bond donors (Lipinski definition) is 1. The molecular weight excluding hydrogens is 216 g/mol. The summed E-state index contributed by atoms with van der Waals surface area (Å²) in [6.07, 6.45) is 7.99. The van der Waals surface area contributed by atoms with E-state index in [0.717, 1.165) is 18.7 Å². The molecule has 0 atom stereocenters. The molecule has 17 heavy (non-hydrogen) atoms. The van der Waals surface area contributed by atoms with Crippen LogP contribution in [0.25, 0.3) is 0 Å². The Morgan fingerprint density at radius 2 is 1.94 bits per heavy atom. The molecule has 0 saturated heterocycles. The Kier molecular flexibility index (Phi) is 2.46. The van der Waals surface area contributed by atoms with Crippen molar-refractivity contribution in [2.45, 2.75) is 37.6 Å². The highest BCUT2D eigenvalue weighted by Crippen LogP contribution is 2.37. The molecule has 2 fully saturated rings. The standard InChI is InChI=1S/C12H16N4O/c1-16(10-4-5-10)12(17)15-9-6-13-11(14-7-9)8-2-3-8/h6-8,10H,2-5H2,1H3,(H,15,17). The molecule has 2 aliphatic rings. The second-order valence-electron chi connectivity index (χ2n) is 4.88. The lowest BCUT2D eigenvalue weighted by molar-refractivity contribution is 0.220. The van der Waals surface area contributed by atoms with Crippen molar-refractivity contribution in [1.82, 2.24) is 14.9 Å². The van der Waals surface area contributed by atoms with Crippen molar-refractivity contribution in [3.8, 4) is 0 Å². The summed E-state index contributed by atoms with van der Waals surface area (Å²) in [5, 5.41) is 2.81. The summed E-state index contributed by atoms with van der Waals surface area (Å²) in [5.74, 6) is 1.45. The fraction of sp³-hybridized carbons (Fsp3) is 0.583. The van der Waals surface area contributed by atoms with Gasteiger partial charge in [-0.1, -0.05) is 0 Å². The second kappa shape index (κ2) is 3.98. The summed E-state index contributed by atoms with van der Waals surface area (Å²) in [4.78, 5) is 22.1. The molecule has 1 aromatic rings. The lowest BCUT2D eigenvalue weighted by Crippen LogP contribution is -2.33. The Bertz CT molecular complexity index is 423. The maximum Gasteiger partial charge on any atom is 0.321 e. The van der Waals surface area contributed by atoms with Crippen LogP contribution in [0, 0.1) is 0 Å². The van der Waals surface area contributed by atoms with Crippen LogP contribution in [0.2, 0.25) is 0 Å². The van der Waals surface area contributed by atoms with E-state index in [-0.39, 0.29) is 6.03 Å². The van der Waals surface area contributed by atoms with Gasteiger partial charge in [-0.3, -0.25) is 0 Å². The van der Waals surface area contributed by atoms with E-state index >= 15 is 0 Å². The molecule has 1 aromatic heterocycles. The van der Waals surface area contributed by atoms with Crippen molar-refractivity contribution in [1.29, 1.82) is 0 Å². The van der Waals surface area contributed by atoms with E-state index in [2.05, 4.69) is 15.3 Å². The van der Waals surface area contributed by atoms with Gasteiger partial charge in [0.05, 0.1) is 18.1 Å². The van der Waals surface area contributed by atoms with Crippen LogP contribution in [0.15, 0.2) is 12.4 Å². The predicted molar refractivity (Wildman–Crippen MR) is 63.8 cm³/mol. The SMILES string of the molecule is CN(C(=O)Nc1cnc(C2CC2)nc1)C1CC1. The molecule has 0 aromatic carbocycles. The fourth-order valence-corrected chi connectivity index (χ4v) is 1.79. The molecule has 3 rings (SSSR count). The number of hydrogen-bond acceptors (Lipinski definition) is 3. The molecule has 0 bridgehead atoms. The van der Waals surface area contributed by atoms with E-state index in [1.807, 2.05) is 7.05 Å². The van der Waals surface area contributed by atoms with E-state index in [1.54, 1.807) is 17.3 Å². The van der Waals surface area contributed by atoms with Crippen molar-refractivity contribution in [2.24, 2.45) is 0 Å². The van der Waals surface area contributed by atoms with Crippen molar-refractivity contribution in [3.05, 3.63) is 18.2 Å². The molecule has 90 valence electrons. The van der Waals surface area contributed by atoms with Crippen LogP contribution < -0.4 is 5.32 Å². The second-order valence-corrected chi connectivity index (χ2v) is 4.88. The van der Waals surface area contributed by atoms with Crippen LogP contribution in [0.1, 0.15) is 37.4 Å². The number of nitrogens with zero attached hydrogens (tertiary/aromatic N) is 3. The third-order valence-corrected chi connectivity index (χ3v) is 3.28. The summed E-state index contributed by atoms with van der Waals surface area (Å²) in [6.45, 7) is 0. The van der Waals surface area contributed by atoms with Gasteiger partial charge >= 0.3 is 6.03 Å².